The van der Waals surface area contributed by atoms with Crippen molar-refractivity contribution >= 4 is 21.6 Å². The van der Waals surface area contributed by atoms with Crippen molar-refractivity contribution < 1.29 is 9.84 Å². The zero-order valence-corrected chi connectivity index (χ0v) is 13.4. The van der Waals surface area contributed by atoms with Gasteiger partial charge in [-0.1, -0.05) is 17.4 Å². The molecule has 0 spiro atoms. The Bertz CT molecular complexity index is 674. The number of H-pyrrole nitrogens is 1. The second-order valence-corrected chi connectivity index (χ2v) is 6.74. The molecule has 0 amide bonds. The molecule has 3 rings (SSSR count). The standard InChI is InChI=1S/C16H22N2O3S/c19-13-5-4-11(15-14(13)18-16(20)22-15)3-1-2-8-17-12-6-9-21-10-7-12/h4-5,12,17,19H,1-3,6-10H2,(H,18,20). The van der Waals surface area contributed by atoms with Crippen molar-refractivity contribution in [2.24, 2.45) is 0 Å². The molecule has 6 heteroatoms. The maximum Gasteiger partial charge on any atom is 0.305 e. The van der Waals surface area contributed by atoms with E-state index in [1.807, 2.05) is 6.07 Å². The van der Waals surface area contributed by atoms with Crippen molar-refractivity contribution in [2.75, 3.05) is 19.8 Å². The molecular formula is C16H22N2O3S. The van der Waals surface area contributed by atoms with Crippen LogP contribution in [0.25, 0.3) is 10.2 Å². The molecule has 2 aromatic rings. The maximum absolute atomic E-state index is 11.5. The van der Waals surface area contributed by atoms with Crippen LogP contribution in [0.5, 0.6) is 5.75 Å². The minimum absolute atomic E-state index is 0.112. The number of aromatic amines is 1. The summed E-state index contributed by atoms with van der Waals surface area (Å²) in [5, 5.41) is 13.4. The average Bonchev–Trinajstić information content (AvgIpc) is 2.93. The molecule has 1 aromatic carbocycles. The van der Waals surface area contributed by atoms with Gasteiger partial charge in [0.05, 0.1) is 4.70 Å². The van der Waals surface area contributed by atoms with Crippen molar-refractivity contribution in [2.45, 2.75) is 38.1 Å². The summed E-state index contributed by atoms with van der Waals surface area (Å²) in [6.45, 7) is 2.76. The van der Waals surface area contributed by atoms with Gasteiger partial charge in [-0.05, 0) is 50.3 Å². The quantitative estimate of drug-likeness (QED) is 0.714. The first kappa shape index (κ1) is 15.5. The molecule has 120 valence electrons. The highest BCUT2D eigenvalue weighted by Crippen LogP contribution is 2.28. The highest BCUT2D eigenvalue weighted by Gasteiger charge is 2.12. The molecule has 3 N–H and O–H groups in total. The van der Waals surface area contributed by atoms with Crippen LogP contribution in [0, 0.1) is 0 Å². The smallest absolute Gasteiger partial charge is 0.305 e. The third-order valence-electron chi connectivity index (χ3n) is 4.17. The number of hydrogen-bond acceptors (Lipinski definition) is 5. The summed E-state index contributed by atoms with van der Waals surface area (Å²) in [7, 11) is 0. The van der Waals surface area contributed by atoms with Crippen molar-refractivity contribution in [1.29, 1.82) is 0 Å². The third kappa shape index (κ3) is 3.69. The number of thiazole rings is 1. The minimum atomic E-state index is -0.112. The van der Waals surface area contributed by atoms with E-state index in [9.17, 15) is 9.90 Å². The lowest BCUT2D eigenvalue weighted by Gasteiger charge is -2.23. The van der Waals surface area contributed by atoms with Crippen LogP contribution in [0.4, 0.5) is 0 Å². The Labute approximate surface area is 133 Å². The van der Waals surface area contributed by atoms with E-state index < -0.39 is 0 Å². The first-order valence-electron chi connectivity index (χ1n) is 7.89. The molecule has 0 saturated carbocycles. The van der Waals surface area contributed by atoms with Crippen LogP contribution in [-0.4, -0.2) is 35.9 Å². The Balaban J connectivity index is 1.49. The number of hydrogen-bond donors (Lipinski definition) is 3. The predicted octanol–water partition coefficient (Wildman–Crippen LogP) is 2.39. The molecule has 0 radical (unpaired) electrons. The van der Waals surface area contributed by atoms with E-state index in [0.29, 0.717) is 11.6 Å². The normalized spacial score (nSPS) is 16.4. The highest BCUT2D eigenvalue weighted by molar-refractivity contribution is 7.16. The number of aryl methyl sites for hydroxylation is 1. The van der Waals surface area contributed by atoms with Gasteiger partial charge in [0.2, 0.25) is 0 Å². The molecule has 2 heterocycles. The largest absolute Gasteiger partial charge is 0.506 e. The van der Waals surface area contributed by atoms with Crippen LogP contribution in [0.3, 0.4) is 0 Å². The van der Waals surface area contributed by atoms with Gasteiger partial charge in [0.15, 0.2) is 0 Å². The predicted molar refractivity (Wildman–Crippen MR) is 88.9 cm³/mol. The fraction of sp³-hybridized carbons (Fsp3) is 0.562. The molecule has 0 bridgehead atoms. The van der Waals surface area contributed by atoms with E-state index in [4.69, 9.17) is 4.74 Å². The minimum Gasteiger partial charge on any atom is -0.506 e. The molecular weight excluding hydrogens is 300 g/mol. The Hall–Kier alpha value is -1.37. The molecule has 1 aliphatic rings. The first-order valence-corrected chi connectivity index (χ1v) is 8.70. The Morgan fingerprint density at radius 3 is 2.95 bits per heavy atom. The zero-order chi connectivity index (χ0) is 15.4. The van der Waals surface area contributed by atoms with Gasteiger partial charge in [0.1, 0.15) is 11.3 Å². The monoisotopic (exact) mass is 322 g/mol. The summed E-state index contributed by atoms with van der Waals surface area (Å²) in [4.78, 5) is 14.1. The number of nitrogens with one attached hydrogen (secondary N) is 2. The van der Waals surface area contributed by atoms with Crippen LogP contribution in [0.2, 0.25) is 0 Å². The van der Waals surface area contributed by atoms with Crippen LogP contribution in [0.15, 0.2) is 16.9 Å². The number of phenols is 1. The Morgan fingerprint density at radius 2 is 2.14 bits per heavy atom. The van der Waals surface area contributed by atoms with E-state index in [0.717, 1.165) is 62.1 Å². The number of ether oxygens (including phenoxy) is 1. The number of aromatic nitrogens is 1. The second-order valence-electron chi connectivity index (χ2n) is 5.76. The Kier molecular flexibility index (Phi) is 5.12. The number of benzene rings is 1. The lowest BCUT2D eigenvalue weighted by atomic mass is 10.1. The Morgan fingerprint density at radius 1 is 1.32 bits per heavy atom. The van der Waals surface area contributed by atoms with E-state index >= 15 is 0 Å². The molecule has 1 aliphatic heterocycles. The molecule has 5 nitrogen and oxygen atoms in total. The molecule has 0 unspecified atom stereocenters. The topological polar surface area (TPSA) is 74.4 Å². The molecule has 1 saturated heterocycles. The third-order valence-corrected chi connectivity index (χ3v) is 5.12. The summed E-state index contributed by atoms with van der Waals surface area (Å²) in [6, 6.07) is 4.19. The van der Waals surface area contributed by atoms with Crippen molar-refractivity contribution in [1.82, 2.24) is 10.3 Å². The van der Waals surface area contributed by atoms with Gasteiger partial charge >= 0.3 is 4.87 Å². The van der Waals surface area contributed by atoms with Gasteiger partial charge in [-0.15, -0.1) is 0 Å². The molecule has 22 heavy (non-hydrogen) atoms. The van der Waals surface area contributed by atoms with Crippen molar-refractivity contribution in [3.8, 4) is 5.75 Å². The van der Waals surface area contributed by atoms with E-state index in [-0.39, 0.29) is 10.6 Å². The second kappa shape index (κ2) is 7.26. The summed E-state index contributed by atoms with van der Waals surface area (Å²) in [5.74, 6) is 0.151. The van der Waals surface area contributed by atoms with Gasteiger partial charge in [-0.2, -0.15) is 0 Å². The number of unbranched alkanes of at least 4 members (excludes halogenated alkanes) is 1. The van der Waals surface area contributed by atoms with Crippen molar-refractivity contribution in [3.05, 3.63) is 27.4 Å². The average molecular weight is 322 g/mol. The van der Waals surface area contributed by atoms with Gasteiger partial charge in [-0.25, -0.2) is 0 Å². The summed E-state index contributed by atoms with van der Waals surface area (Å²) in [5.41, 5.74) is 1.72. The number of aromatic hydroxyl groups is 1. The van der Waals surface area contributed by atoms with Crippen molar-refractivity contribution in [3.63, 3.8) is 0 Å². The van der Waals surface area contributed by atoms with Gasteiger partial charge in [-0.3, -0.25) is 4.79 Å². The van der Waals surface area contributed by atoms with Gasteiger partial charge in [0.25, 0.3) is 0 Å². The van der Waals surface area contributed by atoms with E-state index in [2.05, 4.69) is 10.3 Å². The molecule has 1 aromatic heterocycles. The number of phenolic OH excluding ortho intramolecular Hbond substituents is 1. The fourth-order valence-corrected chi connectivity index (χ4v) is 3.82. The molecule has 1 fully saturated rings. The molecule has 0 aliphatic carbocycles. The lowest BCUT2D eigenvalue weighted by Crippen LogP contribution is -2.35. The summed E-state index contributed by atoms with van der Waals surface area (Å²) >= 11 is 1.18. The van der Waals surface area contributed by atoms with Gasteiger partial charge in [0, 0.05) is 19.3 Å². The SMILES string of the molecule is O=c1[nH]c2c(O)ccc(CCCCNC3CCOCC3)c2s1. The van der Waals surface area contributed by atoms with Crippen LogP contribution in [0.1, 0.15) is 31.2 Å². The van der Waals surface area contributed by atoms with Crippen LogP contribution >= 0.6 is 11.3 Å². The van der Waals surface area contributed by atoms with Crippen LogP contribution in [-0.2, 0) is 11.2 Å². The van der Waals surface area contributed by atoms with E-state index in [1.54, 1.807) is 6.07 Å². The zero-order valence-electron chi connectivity index (χ0n) is 12.6. The highest BCUT2D eigenvalue weighted by atomic mass is 32.1. The number of fused-ring (bicyclic) bond motifs is 1. The lowest BCUT2D eigenvalue weighted by molar-refractivity contribution is 0.0780. The summed E-state index contributed by atoms with van der Waals surface area (Å²) < 4.78 is 6.24. The fourth-order valence-electron chi connectivity index (χ4n) is 2.92. The summed E-state index contributed by atoms with van der Waals surface area (Å²) in [6.07, 6.45) is 5.33. The van der Waals surface area contributed by atoms with Crippen LogP contribution < -0.4 is 10.2 Å². The maximum atomic E-state index is 11.5. The van der Waals surface area contributed by atoms with E-state index in [1.165, 1.54) is 11.3 Å². The van der Waals surface area contributed by atoms with Gasteiger partial charge < -0.3 is 20.1 Å². The molecule has 0 atom stereocenters. The first-order chi connectivity index (χ1) is 10.7. The number of rotatable bonds is 6.